The zero-order chi connectivity index (χ0) is 15.7. The topological polar surface area (TPSA) is 86.6 Å². The summed E-state index contributed by atoms with van der Waals surface area (Å²) in [6.45, 7) is 2.09. The number of carboxylic acid groups (broad SMARTS) is 2. The molecule has 0 amide bonds. The lowest BCUT2D eigenvalue weighted by molar-refractivity contribution is -0.134. The highest BCUT2D eigenvalue weighted by Crippen LogP contribution is 2.23. The summed E-state index contributed by atoms with van der Waals surface area (Å²) in [6, 6.07) is 8.62. The molecule has 1 heterocycles. The lowest BCUT2D eigenvalue weighted by atomic mass is 9.95. The van der Waals surface area contributed by atoms with Crippen molar-refractivity contribution in [3.05, 3.63) is 47.5 Å². The SMILES string of the molecule is ClC[C@@H]1CNCCc2ccccc21.O=C(O)/C=C/C(=O)O. The minimum atomic E-state index is -1.26. The predicted octanol–water partition coefficient (Wildman–Crippen LogP) is 1.87. The predicted molar refractivity (Wildman–Crippen MR) is 80.9 cm³/mol. The third-order valence-electron chi connectivity index (χ3n) is 3.01. The Bertz CT molecular complexity index is 500. The largest absolute Gasteiger partial charge is 0.478 e. The monoisotopic (exact) mass is 311 g/mol. The number of fused-ring (bicyclic) bond motifs is 1. The second kappa shape index (κ2) is 9.15. The van der Waals surface area contributed by atoms with Gasteiger partial charge in [0.1, 0.15) is 0 Å². The van der Waals surface area contributed by atoms with Crippen LogP contribution < -0.4 is 5.32 Å². The van der Waals surface area contributed by atoms with E-state index in [9.17, 15) is 9.59 Å². The van der Waals surface area contributed by atoms with Gasteiger partial charge in [-0.15, -0.1) is 11.6 Å². The normalized spacial score (nSPS) is 17.3. The smallest absolute Gasteiger partial charge is 0.328 e. The molecule has 3 N–H and O–H groups in total. The highest BCUT2D eigenvalue weighted by Gasteiger charge is 2.16. The van der Waals surface area contributed by atoms with E-state index in [4.69, 9.17) is 21.8 Å². The number of hydrogen-bond donors (Lipinski definition) is 3. The third kappa shape index (κ3) is 6.42. The minimum absolute atomic E-state index is 0.486. The highest BCUT2D eigenvalue weighted by atomic mass is 35.5. The molecule has 6 heteroatoms. The number of carbonyl (C=O) groups is 2. The van der Waals surface area contributed by atoms with Crippen LogP contribution in [-0.2, 0) is 16.0 Å². The Morgan fingerprint density at radius 2 is 1.86 bits per heavy atom. The molecule has 0 bridgehead atoms. The molecule has 0 aliphatic carbocycles. The summed E-state index contributed by atoms with van der Waals surface area (Å²) in [5.74, 6) is -1.32. The molecule has 1 aromatic rings. The van der Waals surface area contributed by atoms with E-state index in [1.54, 1.807) is 0 Å². The van der Waals surface area contributed by atoms with Gasteiger partial charge >= 0.3 is 11.9 Å². The van der Waals surface area contributed by atoms with Gasteiger partial charge in [-0.1, -0.05) is 24.3 Å². The van der Waals surface area contributed by atoms with Gasteiger partial charge in [-0.05, 0) is 24.1 Å². The van der Waals surface area contributed by atoms with E-state index in [1.807, 2.05) is 0 Å². The Balaban J connectivity index is 0.000000240. The van der Waals surface area contributed by atoms with E-state index in [-0.39, 0.29) is 0 Å². The minimum Gasteiger partial charge on any atom is -0.478 e. The van der Waals surface area contributed by atoms with Gasteiger partial charge in [-0.3, -0.25) is 0 Å². The van der Waals surface area contributed by atoms with Gasteiger partial charge in [0, 0.05) is 30.5 Å². The molecule has 0 aromatic heterocycles. The second-order valence-electron chi connectivity index (χ2n) is 4.51. The number of aliphatic carboxylic acids is 2. The van der Waals surface area contributed by atoms with Gasteiger partial charge in [-0.25, -0.2) is 9.59 Å². The Kier molecular flexibility index (Phi) is 7.50. The molecule has 0 unspecified atom stereocenters. The van der Waals surface area contributed by atoms with Gasteiger partial charge in [0.2, 0.25) is 0 Å². The summed E-state index contributed by atoms with van der Waals surface area (Å²) in [4.78, 5) is 19.1. The van der Waals surface area contributed by atoms with Crippen LogP contribution in [0.2, 0.25) is 0 Å². The van der Waals surface area contributed by atoms with Crippen LogP contribution in [0.3, 0.4) is 0 Å². The van der Waals surface area contributed by atoms with Crippen LogP contribution >= 0.6 is 11.6 Å². The van der Waals surface area contributed by atoms with Crippen molar-refractivity contribution < 1.29 is 19.8 Å². The van der Waals surface area contributed by atoms with Gasteiger partial charge < -0.3 is 15.5 Å². The van der Waals surface area contributed by atoms with Gasteiger partial charge in [0.25, 0.3) is 0 Å². The molecule has 0 saturated carbocycles. The van der Waals surface area contributed by atoms with E-state index in [2.05, 4.69) is 29.6 Å². The molecule has 1 aromatic carbocycles. The standard InChI is InChI=1S/C11H14ClN.C4H4O4/c12-7-10-8-13-6-5-9-3-1-2-4-11(9)10;5-3(6)1-2-4(7)8/h1-4,10,13H,5-8H2;1-2H,(H,5,6)(H,7,8)/b;2-1+/t10-;/m1./s1. The van der Waals surface area contributed by atoms with Crippen molar-refractivity contribution >= 4 is 23.5 Å². The van der Waals surface area contributed by atoms with Crippen LogP contribution in [0.5, 0.6) is 0 Å². The molecule has 2 rings (SSSR count). The first-order valence-electron chi connectivity index (χ1n) is 6.53. The molecule has 0 saturated heterocycles. The summed E-state index contributed by atoms with van der Waals surface area (Å²) in [5.41, 5.74) is 2.89. The zero-order valence-corrected chi connectivity index (χ0v) is 12.2. The van der Waals surface area contributed by atoms with Crippen molar-refractivity contribution in [3.63, 3.8) is 0 Å². The summed E-state index contributed by atoms with van der Waals surface area (Å²) in [6.07, 6.45) is 2.24. The maximum Gasteiger partial charge on any atom is 0.328 e. The summed E-state index contributed by atoms with van der Waals surface area (Å²) < 4.78 is 0. The van der Waals surface area contributed by atoms with Gasteiger partial charge in [0.15, 0.2) is 0 Å². The number of alkyl halides is 1. The zero-order valence-electron chi connectivity index (χ0n) is 11.5. The molecule has 0 radical (unpaired) electrons. The Hall–Kier alpha value is -1.85. The van der Waals surface area contributed by atoms with E-state index >= 15 is 0 Å². The molecule has 1 aliphatic heterocycles. The number of rotatable bonds is 3. The quantitative estimate of drug-likeness (QED) is 0.586. The van der Waals surface area contributed by atoms with Crippen LogP contribution in [0.25, 0.3) is 0 Å². The number of hydrogen-bond acceptors (Lipinski definition) is 3. The van der Waals surface area contributed by atoms with Gasteiger partial charge in [0.05, 0.1) is 0 Å². The second-order valence-corrected chi connectivity index (χ2v) is 4.82. The third-order valence-corrected chi connectivity index (χ3v) is 3.38. The molecule has 0 spiro atoms. The van der Waals surface area contributed by atoms with Crippen molar-refractivity contribution in [1.82, 2.24) is 5.32 Å². The molecule has 0 fully saturated rings. The fraction of sp³-hybridized carbons (Fsp3) is 0.333. The number of carboxylic acids is 2. The molecule has 5 nitrogen and oxygen atoms in total. The van der Waals surface area contributed by atoms with Gasteiger partial charge in [-0.2, -0.15) is 0 Å². The van der Waals surface area contributed by atoms with Crippen LogP contribution in [0, 0.1) is 0 Å². The molecule has 21 heavy (non-hydrogen) atoms. The first kappa shape index (κ1) is 17.2. The fourth-order valence-electron chi connectivity index (χ4n) is 2.05. The Labute approximate surface area is 128 Å². The maximum absolute atomic E-state index is 9.55. The van der Waals surface area contributed by atoms with Crippen molar-refractivity contribution in [2.75, 3.05) is 19.0 Å². The van der Waals surface area contributed by atoms with Crippen LogP contribution in [-0.4, -0.2) is 41.1 Å². The molecule has 1 aliphatic rings. The summed E-state index contributed by atoms with van der Waals surface area (Å²) >= 11 is 5.94. The Morgan fingerprint density at radius 1 is 1.24 bits per heavy atom. The van der Waals surface area contributed by atoms with E-state index in [0.717, 1.165) is 19.5 Å². The first-order chi connectivity index (χ1) is 10.0. The average molecular weight is 312 g/mol. The molecule has 114 valence electrons. The fourth-order valence-corrected chi connectivity index (χ4v) is 2.33. The van der Waals surface area contributed by atoms with Crippen molar-refractivity contribution in [1.29, 1.82) is 0 Å². The van der Waals surface area contributed by atoms with Crippen molar-refractivity contribution in [2.45, 2.75) is 12.3 Å². The average Bonchev–Trinajstić information content (AvgIpc) is 2.67. The molecular formula is C15H18ClNO4. The Morgan fingerprint density at radius 3 is 2.43 bits per heavy atom. The first-order valence-corrected chi connectivity index (χ1v) is 7.06. The van der Waals surface area contributed by atoms with E-state index in [0.29, 0.717) is 23.9 Å². The highest BCUT2D eigenvalue weighted by molar-refractivity contribution is 6.18. The van der Waals surface area contributed by atoms with Crippen molar-refractivity contribution in [2.24, 2.45) is 0 Å². The van der Waals surface area contributed by atoms with Crippen LogP contribution in [0.4, 0.5) is 0 Å². The maximum atomic E-state index is 9.55. The van der Waals surface area contributed by atoms with E-state index in [1.165, 1.54) is 11.1 Å². The van der Waals surface area contributed by atoms with Crippen molar-refractivity contribution in [3.8, 4) is 0 Å². The lowest BCUT2D eigenvalue weighted by Crippen LogP contribution is -2.20. The lowest BCUT2D eigenvalue weighted by Gasteiger charge is -2.13. The number of halogens is 1. The van der Waals surface area contributed by atoms with Crippen LogP contribution in [0.1, 0.15) is 17.0 Å². The molecule has 1 atom stereocenters. The summed E-state index contributed by atoms with van der Waals surface area (Å²) in [5, 5.41) is 19.0. The van der Waals surface area contributed by atoms with E-state index < -0.39 is 11.9 Å². The van der Waals surface area contributed by atoms with Crippen LogP contribution in [0.15, 0.2) is 36.4 Å². The number of nitrogens with one attached hydrogen (secondary N) is 1. The number of benzene rings is 1. The molecular weight excluding hydrogens is 294 g/mol. The summed E-state index contributed by atoms with van der Waals surface area (Å²) in [7, 11) is 0.